The number of hydrogen-bond acceptors (Lipinski definition) is 3. The summed E-state index contributed by atoms with van der Waals surface area (Å²) in [4.78, 5) is 12.2. The molecule has 0 fully saturated rings. The molecule has 4 nitrogen and oxygen atoms in total. The van der Waals surface area contributed by atoms with Crippen molar-refractivity contribution >= 4 is 5.91 Å². The topological polar surface area (TPSA) is 64.3 Å². The second-order valence-corrected chi connectivity index (χ2v) is 5.57. The predicted octanol–water partition coefficient (Wildman–Crippen LogP) is 2.49. The number of hydrogen-bond donors (Lipinski definition) is 2. The Balaban J connectivity index is 2.63. The predicted molar refractivity (Wildman–Crippen MR) is 81.6 cm³/mol. The molecule has 0 saturated carbocycles. The maximum atomic E-state index is 12.2. The lowest BCUT2D eigenvalue weighted by molar-refractivity contribution is -0.125. The highest BCUT2D eigenvalue weighted by Crippen LogP contribution is 2.18. The largest absolute Gasteiger partial charge is 0.497 e. The van der Waals surface area contributed by atoms with Crippen molar-refractivity contribution in [3.63, 3.8) is 0 Å². The van der Waals surface area contributed by atoms with E-state index >= 15 is 0 Å². The molecule has 0 aromatic heterocycles. The van der Waals surface area contributed by atoms with E-state index < -0.39 is 0 Å². The third kappa shape index (κ3) is 4.85. The van der Waals surface area contributed by atoms with Gasteiger partial charge in [-0.2, -0.15) is 0 Å². The molecule has 1 rings (SSSR count). The van der Waals surface area contributed by atoms with Gasteiger partial charge < -0.3 is 15.8 Å². The Kier molecular flexibility index (Phi) is 6.52. The van der Waals surface area contributed by atoms with E-state index in [-0.39, 0.29) is 17.9 Å². The molecule has 0 aliphatic carbocycles. The number of carbonyl (C=O) groups is 1. The summed E-state index contributed by atoms with van der Waals surface area (Å²) in [6.07, 6.45) is 0.817. The monoisotopic (exact) mass is 278 g/mol. The fraction of sp³-hybridized carbons (Fsp3) is 0.562. The number of carbonyl (C=O) groups excluding carboxylic acids is 1. The van der Waals surface area contributed by atoms with E-state index in [1.54, 1.807) is 7.11 Å². The molecule has 20 heavy (non-hydrogen) atoms. The molecule has 4 heteroatoms. The summed E-state index contributed by atoms with van der Waals surface area (Å²) in [5.74, 6) is 1.19. The molecule has 1 amide bonds. The number of ether oxygens (including phenoxy) is 1. The Morgan fingerprint density at radius 3 is 2.30 bits per heavy atom. The van der Waals surface area contributed by atoms with Crippen LogP contribution in [-0.2, 0) is 4.79 Å². The molecule has 0 bridgehead atoms. The van der Waals surface area contributed by atoms with Crippen LogP contribution in [0.4, 0.5) is 0 Å². The van der Waals surface area contributed by atoms with Crippen LogP contribution in [0.2, 0.25) is 0 Å². The summed E-state index contributed by atoms with van der Waals surface area (Å²) in [6, 6.07) is 7.68. The number of nitrogens with one attached hydrogen (secondary N) is 1. The Labute approximate surface area is 121 Å². The number of amides is 1. The molecule has 2 atom stereocenters. The van der Waals surface area contributed by atoms with Crippen molar-refractivity contribution < 1.29 is 9.53 Å². The van der Waals surface area contributed by atoms with Crippen LogP contribution < -0.4 is 15.8 Å². The normalized spacial score (nSPS) is 13.9. The maximum absolute atomic E-state index is 12.2. The van der Waals surface area contributed by atoms with Crippen LogP contribution in [-0.4, -0.2) is 19.6 Å². The fourth-order valence-electron chi connectivity index (χ4n) is 2.19. The van der Waals surface area contributed by atoms with Crippen LogP contribution in [0.15, 0.2) is 24.3 Å². The molecule has 2 unspecified atom stereocenters. The molecule has 0 aliphatic heterocycles. The zero-order chi connectivity index (χ0) is 15.1. The van der Waals surface area contributed by atoms with Gasteiger partial charge in [0.1, 0.15) is 5.75 Å². The van der Waals surface area contributed by atoms with E-state index in [0.717, 1.165) is 17.7 Å². The second-order valence-electron chi connectivity index (χ2n) is 5.57. The first kappa shape index (κ1) is 16.5. The highest BCUT2D eigenvalue weighted by molar-refractivity contribution is 5.79. The average molecular weight is 278 g/mol. The zero-order valence-electron chi connectivity index (χ0n) is 12.8. The molecule has 0 radical (unpaired) electrons. The van der Waals surface area contributed by atoms with Crippen molar-refractivity contribution in [3.05, 3.63) is 29.8 Å². The molecule has 1 aromatic rings. The third-order valence-electron chi connectivity index (χ3n) is 3.39. The van der Waals surface area contributed by atoms with Crippen molar-refractivity contribution in [1.82, 2.24) is 5.32 Å². The van der Waals surface area contributed by atoms with Gasteiger partial charge in [0.15, 0.2) is 0 Å². The van der Waals surface area contributed by atoms with Crippen LogP contribution in [0.3, 0.4) is 0 Å². The van der Waals surface area contributed by atoms with Gasteiger partial charge in [-0.15, -0.1) is 0 Å². The SMILES string of the molecule is COc1ccc(C(C)NC(=O)C(CN)CC(C)C)cc1. The van der Waals surface area contributed by atoms with Gasteiger partial charge >= 0.3 is 0 Å². The van der Waals surface area contributed by atoms with Crippen LogP contribution in [0.5, 0.6) is 5.75 Å². The van der Waals surface area contributed by atoms with Crippen LogP contribution >= 0.6 is 0 Å². The quantitative estimate of drug-likeness (QED) is 0.805. The molecule has 1 aromatic carbocycles. The van der Waals surface area contributed by atoms with Gasteiger partial charge in [0.2, 0.25) is 5.91 Å². The highest BCUT2D eigenvalue weighted by atomic mass is 16.5. The smallest absolute Gasteiger partial charge is 0.224 e. The van der Waals surface area contributed by atoms with E-state index in [2.05, 4.69) is 19.2 Å². The first-order valence-electron chi connectivity index (χ1n) is 7.12. The van der Waals surface area contributed by atoms with Crippen molar-refractivity contribution in [2.45, 2.75) is 33.2 Å². The minimum absolute atomic E-state index is 0.0320. The Morgan fingerprint density at radius 1 is 1.25 bits per heavy atom. The standard InChI is InChI=1S/C16H26N2O2/c1-11(2)9-14(10-17)16(19)18-12(3)13-5-7-15(20-4)8-6-13/h5-8,11-12,14H,9-10,17H2,1-4H3,(H,18,19). The lowest BCUT2D eigenvalue weighted by atomic mass is 9.96. The average Bonchev–Trinajstić information content (AvgIpc) is 2.44. The van der Waals surface area contributed by atoms with Gasteiger partial charge in [0.25, 0.3) is 0 Å². The second kappa shape index (κ2) is 7.90. The lowest BCUT2D eigenvalue weighted by Crippen LogP contribution is -2.37. The van der Waals surface area contributed by atoms with E-state index in [1.807, 2.05) is 31.2 Å². The molecule has 112 valence electrons. The Bertz CT molecular complexity index is 415. The summed E-state index contributed by atoms with van der Waals surface area (Å²) in [5.41, 5.74) is 6.75. The zero-order valence-corrected chi connectivity index (χ0v) is 12.8. The molecule has 3 N–H and O–H groups in total. The van der Waals surface area contributed by atoms with Gasteiger partial charge in [-0.25, -0.2) is 0 Å². The first-order valence-corrected chi connectivity index (χ1v) is 7.12. The number of methoxy groups -OCH3 is 1. The Hall–Kier alpha value is -1.55. The molecule has 0 spiro atoms. The summed E-state index contributed by atoms with van der Waals surface area (Å²) < 4.78 is 5.13. The molecular formula is C16H26N2O2. The number of rotatable bonds is 7. The first-order chi connectivity index (χ1) is 9.47. The van der Waals surface area contributed by atoms with Gasteiger partial charge in [0.05, 0.1) is 19.1 Å². The van der Waals surface area contributed by atoms with Crippen molar-refractivity contribution in [3.8, 4) is 5.75 Å². The summed E-state index contributed by atoms with van der Waals surface area (Å²) in [5, 5.41) is 3.03. The Morgan fingerprint density at radius 2 is 1.85 bits per heavy atom. The van der Waals surface area contributed by atoms with Gasteiger partial charge in [-0.1, -0.05) is 26.0 Å². The van der Waals surface area contributed by atoms with E-state index in [0.29, 0.717) is 12.5 Å². The third-order valence-corrected chi connectivity index (χ3v) is 3.39. The minimum Gasteiger partial charge on any atom is -0.497 e. The summed E-state index contributed by atoms with van der Waals surface area (Å²) in [6.45, 7) is 6.56. The van der Waals surface area contributed by atoms with Crippen molar-refractivity contribution in [1.29, 1.82) is 0 Å². The number of nitrogens with two attached hydrogens (primary N) is 1. The lowest BCUT2D eigenvalue weighted by Gasteiger charge is -2.21. The van der Waals surface area contributed by atoms with Gasteiger partial charge in [0, 0.05) is 6.54 Å². The summed E-state index contributed by atoms with van der Waals surface area (Å²) >= 11 is 0. The number of benzene rings is 1. The van der Waals surface area contributed by atoms with Gasteiger partial charge in [-0.05, 0) is 37.0 Å². The highest BCUT2D eigenvalue weighted by Gasteiger charge is 2.20. The van der Waals surface area contributed by atoms with E-state index in [4.69, 9.17) is 10.5 Å². The van der Waals surface area contributed by atoms with Crippen molar-refractivity contribution in [2.75, 3.05) is 13.7 Å². The van der Waals surface area contributed by atoms with Crippen molar-refractivity contribution in [2.24, 2.45) is 17.6 Å². The van der Waals surface area contributed by atoms with E-state index in [9.17, 15) is 4.79 Å². The summed E-state index contributed by atoms with van der Waals surface area (Å²) in [7, 11) is 1.64. The molecule has 0 heterocycles. The van der Waals surface area contributed by atoms with Crippen LogP contribution in [0.1, 0.15) is 38.8 Å². The fourth-order valence-corrected chi connectivity index (χ4v) is 2.19. The maximum Gasteiger partial charge on any atom is 0.224 e. The van der Waals surface area contributed by atoms with Crippen LogP contribution in [0, 0.1) is 11.8 Å². The van der Waals surface area contributed by atoms with E-state index in [1.165, 1.54) is 0 Å². The molecular weight excluding hydrogens is 252 g/mol. The molecule has 0 aliphatic rings. The molecule has 0 saturated heterocycles. The van der Waals surface area contributed by atoms with Gasteiger partial charge in [-0.3, -0.25) is 4.79 Å². The van der Waals surface area contributed by atoms with Crippen LogP contribution in [0.25, 0.3) is 0 Å². The minimum atomic E-state index is -0.115.